The number of rotatable bonds is 0. The van der Waals surface area contributed by atoms with Gasteiger partial charge in [0.1, 0.15) is 0 Å². The van der Waals surface area contributed by atoms with Crippen LogP contribution in [0.25, 0.3) is 0 Å². The van der Waals surface area contributed by atoms with Crippen LogP contribution in [0.4, 0.5) is 0 Å². The van der Waals surface area contributed by atoms with Gasteiger partial charge in [-0.15, -0.1) is 0 Å². The molecule has 5 heavy (non-hydrogen) atoms. The summed E-state index contributed by atoms with van der Waals surface area (Å²) in [5.41, 5.74) is 0. The number of hydrogen-bond donors (Lipinski definition) is 4. The van der Waals surface area contributed by atoms with Crippen molar-refractivity contribution < 1.29 is 8.19 Å². The second-order valence-corrected chi connectivity index (χ2v) is 3.37. The van der Waals surface area contributed by atoms with Crippen molar-refractivity contribution in [2.24, 2.45) is 4.65 Å². The zero-order valence-corrected chi connectivity index (χ0v) is 4.30. The monoisotopic (exact) mass is 140 g/mol. The van der Waals surface area contributed by atoms with E-state index in [0.29, 0.717) is 0 Å². The van der Waals surface area contributed by atoms with E-state index in [1.165, 1.54) is 0 Å². The van der Waals surface area contributed by atoms with Crippen molar-refractivity contribution >= 4 is 14.3 Å². The minimum atomic E-state index is -4.12. The van der Waals surface area contributed by atoms with Crippen molar-refractivity contribution in [3.05, 3.63) is 0 Å². The van der Waals surface area contributed by atoms with Crippen molar-refractivity contribution in [3.8, 4) is 0 Å². The van der Waals surface area contributed by atoms with Gasteiger partial charge in [0.2, 0.25) is 0 Å². The number of nitrogens with two attached hydrogens (primary N) is 1. The van der Waals surface area contributed by atoms with Gasteiger partial charge in [0.05, 0.1) is 0 Å². The van der Waals surface area contributed by atoms with E-state index < -0.39 is 14.3 Å². The fourth-order valence-electron chi connectivity index (χ4n) is 0. The summed E-state index contributed by atoms with van der Waals surface area (Å²) >= 11 is -4.12. The third kappa shape index (κ3) is 374. The van der Waals surface area contributed by atoms with Gasteiger partial charge < -0.3 is 0 Å². The molecule has 0 aliphatic heterocycles. The SMILES string of the molecule is N=[As](N)(O)O. The summed E-state index contributed by atoms with van der Waals surface area (Å²) in [7, 11) is 0. The minimum absolute atomic E-state index is 4.12. The van der Waals surface area contributed by atoms with Gasteiger partial charge in [-0.25, -0.2) is 0 Å². The Morgan fingerprint density at radius 3 is 1.60 bits per heavy atom. The standard InChI is InChI=1S/AsH5N2O2/c2-1(3,4)5/h(H5,2,3,4,5). The predicted octanol–water partition coefficient (Wildman–Crippen LogP) is -1.79. The molecule has 5 N–H and O–H groups in total. The van der Waals surface area contributed by atoms with Crippen molar-refractivity contribution in [3.63, 3.8) is 0 Å². The Balaban J connectivity index is 3.47. The molecule has 0 saturated heterocycles. The first-order valence-electron chi connectivity index (χ1n) is 0.882. The average molecular weight is 140 g/mol. The Morgan fingerprint density at radius 2 is 1.60 bits per heavy atom. The third-order valence-electron chi connectivity index (χ3n) is 0. The van der Waals surface area contributed by atoms with E-state index in [9.17, 15) is 0 Å². The van der Waals surface area contributed by atoms with E-state index in [0.717, 1.165) is 0 Å². The zero-order valence-electron chi connectivity index (χ0n) is 2.42. The summed E-state index contributed by atoms with van der Waals surface area (Å²) < 4.78 is 25.7. The van der Waals surface area contributed by atoms with Gasteiger partial charge >= 0.3 is 31.4 Å². The van der Waals surface area contributed by atoms with Crippen LogP contribution in [0.1, 0.15) is 0 Å². The second-order valence-electron chi connectivity index (χ2n) is 0.649. The molecule has 0 aromatic heterocycles. The summed E-state index contributed by atoms with van der Waals surface area (Å²) in [4.78, 5) is 0. The van der Waals surface area contributed by atoms with Gasteiger partial charge in [0, 0.05) is 0 Å². The Morgan fingerprint density at radius 1 is 1.60 bits per heavy atom. The van der Waals surface area contributed by atoms with Crippen molar-refractivity contribution in [2.45, 2.75) is 0 Å². The molecule has 0 aromatic rings. The Hall–Kier alpha value is 0.238. The van der Waals surface area contributed by atoms with Crippen molar-refractivity contribution in [1.29, 1.82) is 4.28 Å². The number of hydrogen-bond acceptors (Lipinski definition) is 1. The van der Waals surface area contributed by atoms with Crippen LogP contribution < -0.4 is 4.65 Å². The normalized spacial score (nSPS) is 11.8. The molecule has 0 unspecified atom stereocenters. The molecule has 0 rings (SSSR count). The molecule has 0 saturated carbocycles. The fraction of sp³-hybridized carbons (Fsp3) is 0. The van der Waals surface area contributed by atoms with Crippen LogP contribution in [0, 0.1) is 4.28 Å². The van der Waals surface area contributed by atoms with Crippen LogP contribution >= 0.6 is 0 Å². The van der Waals surface area contributed by atoms with Crippen LogP contribution in [0.5, 0.6) is 0 Å². The molecule has 0 aromatic carbocycles. The summed E-state index contributed by atoms with van der Waals surface area (Å²) in [6.07, 6.45) is 0. The zero-order chi connectivity index (χ0) is 4.50. The molecule has 0 heterocycles. The van der Waals surface area contributed by atoms with Gasteiger partial charge in [-0.1, -0.05) is 0 Å². The van der Waals surface area contributed by atoms with Crippen LogP contribution in [0.2, 0.25) is 0 Å². The van der Waals surface area contributed by atoms with Crippen LogP contribution in [-0.4, -0.2) is 22.5 Å². The average Bonchev–Trinajstić information content (AvgIpc) is 0.722. The van der Waals surface area contributed by atoms with Crippen molar-refractivity contribution in [2.75, 3.05) is 0 Å². The summed E-state index contributed by atoms with van der Waals surface area (Å²) in [5.74, 6) is 0. The summed E-state index contributed by atoms with van der Waals surface area (Å²) in [6, 6.07) is 0. The molecule has 0 fully saturated rings. The van der Waals surface area contributed by atoms with E-state index in [1.807, 2.05) is 0 Å². The van der Waals surface area contributed by atoms with Gasteiger partial charge in [-0.3, -0.25) is 0 Å². The second kappa shape index (κ2) is 1.14. The molecule has 0 aliphatic carbocycles. The molecular weight excluding hydrogens is 135 g/mol. The maximum absolute atomic E-state index is 7.69. The molecular formula is H5AsN2O2. The predicted molar refractivity (Wildman–Crippen MR) is 17.1 cm³/mol. The molecule has 0 bridgehead atoms. The summed E-state index contributed by atoms with van der Waals surface area (Å²) in [5, 5.41) is 0. The molecule has 4 nitrogen and oxygen atoms in total. The fourth-order valence-corrected chi connectivity index (χ4v) is 0. The molecule has 5 heteroatoms. The van der Waals surface area contributed by atoms with Gasteiger partial charge in [-0.2, -0.15) is 0 Å². The van der Waals surface area contributed by atoms with Gasteiger partial charge in [0.15, 0.2) is 0 Å². The number of nitrogens with one attached hydrogen (secondary N) is 1. The summed E-state index contributed by atoms with van der Waals surface area (Å²) in [6.45, 7) is 0. The van der Waals surface area contributed by atoms with E-state index in [-0.39, 0.29) is 0 Å². The molecule has 0 amide bonds. The van der Waals surface area contributed by atoms with Crippen LogP contribution in [0.15, 0.2) is 0 Å². The van der Waals surface area contributed by atoms with Gasteiger partial charge in [-0.05, 0) is 0 Å². The third-order valence-corrected chi connectivity index (χ3v) is 0. The molecule has 0 radical (unpaired) electrons. The topological polar surface area (TPSA) is 90.3 Å². The van der Waals surface area contributed by atoms with E-state index >= 15 is 0 Å². The first-order chi connectivity index (χ1) is 2.00. The first-order valence-corrected chi connectivity index (χ1v) is 4.58. The molecule has 32 valence electrons. The van der Waals surface area contributed by atoms with Crippen LogP contribution in [0.3, 0.4) is 0 Å². The van der Waals surface area contributed by atoms with E-state index in [4.69, 9.17) is 12.5 Å². The van der Waals surface area contributed by atoms with E-state index in [2.05, 4.69) is 4.65 Å². The molecule has 0 spiro atoms. The Bertz CT molecular complexity index is 53.8. The molecule has 0 atom stereocenters. The van der Waals surface area contributed by atoms with Crippen LogP contribution in [-0.2, 0) is 0 Å². The molecule has 0 aliphatic rings. The first kappa shape index (κ1) is 5.24. The van der Waals surface area contributed by atoms with Crippen molar-refractivity contribution in [1.82, 2.24) is 0 Å². The maximum atomic E-state index is 7.69. The quantitative estimate of drug-likeness (QED) is 0.299. The van der Waals surface area contributed by atoms with E-state index in [1.54, 1.807) is 0 Å². The Kier molecular flexibility index (Phi) is 1.20. The van der Waals surface area contributed by atoms with Gasteiger partial charge in [0.25, 0.3) is 0 Å². The Labute approximate surface area is 32.2 Å².